The summed E-state index contributed by atoms with van der Waals surface area (Å²) in [5.74, 6) is -2.77. The topological polar surface area (TPSA) is 166 Å². The Bertz CT molecular complexity index is 1380. The number of alkyl carbamates (subject to hydrolysis) is 1. The van der Waals surface area contributed by atoms with Crippen LogP contribution in [0.1, 0.15) is 80.2 Å². The van der Waals surface area contributed by atoms with E-state index in [-0.39, 0.29) is 37.1 Å². The number of nitrogens with zero attached hydrogens (tertiary/aromatic N) is 2. The molecule has 0 unspecified atom stereocenters. The molecule has 0 aliphatic carbocycles. The van der Waals surface area contributed by atoms with Crippen molar-refractivity contribution in [2.75, 3.05) is 27.7 Å². The molecule has 3 saturated heterocycles. The van der Waals surface area contributed by atoms with Crippen molar-refractivity contribution in [3.05, 3.63) is 35.9 Å². The predicted octanol–water partition coefficient (Wildman–Crippen LogP) is 4.09. The molecule has 3 N–H and O–H groups in total. The maximum Gasteiger partial charge on any atom is 0.509 e. The van der Waals surface area contributed by atoms with Crippen LogP contribution in [0.25, 0.3) is 0 Å². The van der Waals surface area contributed by atoms with Crippen LogP contribution in [-0.2, 0) is 39.8 Å². The maximum absolute atomic E-state index is 14.2. The molecule has 0 aromatic heterocycles. The van der Waals surface area contributed by atoms with Gasteiger partial charge in [0.25, 0.3) is 0 Å². The summed E-state index contributed by atoms with van der Waals surface area (Å²) in [4.78, 5) is 44.3. The van der Waals surface area contributed by atoms with Crippen molar-refractivity contribution in [3.63, 3.8) is 0 Å². The van der Waals surface area contributed by atoms with Gasteiger partial charge in [-0.25, -0.2) is 9.59 Å². The third kappa shape index (κ3) is 10.0. The number of hydrogen-bond acceptors (Lipinski definition) is 13. The summed E-state index contributed by atoms with van der Waals surface area (Å²) in [6.07, 6.45) is -6.97. The van der Waals surface area contributed by atoms with E-state index >= 15 is 0 Å². The highest BCUT2D eigenvalue weighted by Crippen LogP contribution is 2.40. The smallest absolute Gasteiger partial charge is 0.458 e. The Morgan fingerprint density at radius 1 is 1.08 bits per heavy atom. The van der Waals surface area contributed by atoms with Crippen molar-refractivity contribution in [2.45, 2.75) is 147 Å². The summed E-state index contributed by atoms with van der Waals surface area (Å²) in [5.41, 5.74) is -2.06. The van der Waals surface area contributed by atoms with Gasteiger partial charge in [-0.15, -0.1) is 0 Å². The van der Waals surface area contributed by atoms with Crippen LogP contribution in [0.15, 0.2) is 30.3 Å². The van der Waals surface area contributed by atoms with Crippen molar-refractivity contribution in [1.82, 2.24) is 15.1 Å². The summed E-state index contributed by atoms with van der Waals surface area (Å²) in [6, 6.07) is 8.67. The fourth-order valence-electron chi connectivity index (χ4n) is 8.48. The number of aliphatic hydroxyl groups excluding tert-OH is 1. The van der Waals surface area contributed by atoms with E-state index in [9.17, 15) is 24.6 Å². The fourth-order valence-corrected chi connectivity index (χ4v) is 8.48. The van der Waals surface area contributed by atoms with Gasteiger partial charge in [-0.1, -0.05) is 51.1 Å². The Kier molecular flexibility index (Phi) is 14.2. The molecule has 3 heterocycles. The Morgan fingerprint density at radius 3 is 2.36 bits per heavy atom. The number of fused-ring (bicyclic) bond motifs is 1. The standard InChI is InChI=1S/C39H63N3O11/c1-12-29-39(8)33(52-37(46)53-39)26(6)42(11)21-22(2)19-38(7,47)32(51-35-30(43)28(41(9)10)18-23(3)48-35)24(4)31(25(5)34(44)49-29)50-36(45)40-20-27-16-14-13-15-17-27/h13-17,22-26,28-33,35,43,47H,12,18-21H2,1-11H3,(H,40,45)/t22-,23-,24+,25-,26-,28+,29-,30-,31+,32-,33-,35+,38+,39-/m1/s1. The van der Waals surface area contributed by atoms with Gasteiger partial charge in [-0.05, 0) is 86.5 Å². The van der Waals surface area contributed by atoms with Gasteiger partial charge >= 0.3 is 18.2 Å². The fraction of sp³-hybridized carbons (Fsp3) is 0.769. The van der Waals surface area contributed by atoms with Crippen molar-refractivity contribution >= 4 is 18.2 Å². The third-order valence-electron chi connectivity index (χ3n) is 11.4. The molecule has 14 nitrogen and oxygen atoms in total. The quantitative estimate of drug-likeness (QED) is 0.270. The Balaban J connectivity index is 1.77. The Morgan fingerprint density at radius 2 is 1.74 bits per heavy atom. The van der Waals surface area contributed by atoms with Crippen LogP contribution in [-0.4, -0.2) is 132 Å². The molecule has 1 amide bonds. The third-order valence-corrected chi connectivity index (χ3v) is 11.4. The monoisotopic (exact) mass is 749 g/mol. The van der Waals surface area contributed by atoms with Crippen LogP contribution < -0.4 is 5.32 Å². The molecule has 1 aromatic rings. The Labute approximate surface area is 314 Å². The first-order valence-corrected chi connectivity index (χ1v) is 19.0. The average Bonchev–Trinajstić information content (AvgIpc) is 3.41. The Hall–Kier alpha value is -3.01. The summed E-state index contributed by atoms with van der Waals surface area (Å²) >= 11 is 0. The molecule has 14 heteroatoms. The number of aliphatic hydroxyl groups is 2. The SMILES string of the molecule is CC[C@H]1OC(=O)[C@H](C)[C@@H](OC(=O)NCc2ccccc2)[C@H](C)[C@@H](O[C@@H]2O[C@H](C)C[C@H](N(C)C)[C@H]2O)[C@@](C)(O)C[C@@H](C)CN(C)[C@H](C)[C@H]2OC(=O)O[C@@]21C. The zero-order valence-electron chi connectivity index (χ0n) is 33.3. The van der Waals surface area contributed by atoms with Crippen LogP contribution in [0, 0.1) is 17.8 Å². The molecule has 3 aliphatic rings. The van der Waals surface area contributed by atoms with Crippen LogP contribution >= 0.6 is 0 Å². The first kappa shape index (κ1) is 42.7. The van der Waals surface area contributed by atoms with Crippen molar-refractivity contribution in [2.24, 2.45) is 17.8 Å². The number of likely N-dealkylation sites (N-methyl/N-ethyl adjacent to an activating group) is 2. The average molecular weight is 750 g/mol. The summed E-state index contributed by atoms with van der Waals surface area (Å²) < 4.78 is 36.6. The molecular formula is C39H63N3O11. The number of amides is 1. The number of rotatable bonds is 7. The normalized spacial score (nSPS) is 40.6. The molecule has 1 aromatic carbocycles. The van der Waals surface area contributed by atoms with E-state index in [1.54, 1.807) is 27.7 Å². The lowest BCUT2D eigenvalue weighted by Crippen LogP contribution is -2.59. The molecule has 300 valence electrons. The van der Waals surface area contributed by atoms with E-state index in [4.69, 9.17) is 28.4 Å². The second-order valence-electron chi connectivity index (χ2n) is 16.2. The van der Waals surface area contributed by atoms with E-state index in [0.29, 0.717) is 19.4 Å². The van der Waals surface area contributed by atoms with Gasteiger partial charge in [0.15, 0.2) is 18.0 Å². The first-order valence-electron chi connectivity index (χ1n) is 19.0. The zero-order valence-corrected chi connectivity index (χ0v) is 33.3. The molecule has 14 atom stereocenters. The number of carbonyl (C=O) groups is 3. The molecule has 3 fully saturated rings. The minimum absolute atomic E-state index is 0.137. The second-order valence-corrected chi connectivity index (χ2v) is 16.2. The van der Waals surface area contributed by atoms with Crippen molar-refractivity contribution in [3.8, 4) is 0 Å². The van der Waals surface area contributed by atoms with E-state index < -0.39 is 78.1 Å². The molecule has 0 saturated carbocycles. The highest BCUT2D eigenvalue weighted by Gasteiger charge is 2.58. The van der Waals surface area contributed by atoms with Crippen molar-refractivity contribution < 1.29 is 53.0 Å². The van der Waals surface area contributed by atoms with E-state index in [1.807, 2.05) is 89.0 Å². The molecule has 0 radical (unpaired) electrons. The number of hydrogen-bond donors (Lipinski definition) is 3. The predicted molar refractivity (Wildman–Crippen MR) is 196 cm³/mol. The van der Waals surface area contributed by atoms with Gasteiger partial charge < -0.3 is 48.9 Å². The first-order chi connectivity index (χ1) is 24.8. The number of ether oxygens (including phenoxy) is 6. The van der Waals surface area contributed by atoms with Gasteiger partial charge in [-0.3, -0.25) is 9.69 Å². The largest absolute Gasteiger partial charge is 0.509 e. The number of benzene rings is 1. The highest BCUT2D eigenvalue weighted by atomic mass is 16.8. The number of carbonyl (C=O) groups excluding carboxylic acids is 3. The van der Waals surface area contributed by atoms with Gasteiger partial charge in [0, 0.05) is 31.1 Å². The minimum Gasteiger partial charge on any atom is -0.458 e. The molecule has 4 rings (SSSR count). The number of esters is 1. The van der Waals surface area contributed by atoms with Gasteiger partial charge in [0.1, 0.15) is 18.3 Å². The summed E-state index contributed by atoms with van der Waals surface area (Å²) in [7, 11) is 5.65. The lowest BCUT2D eigenvalue weighted by atomic mass is 9.77. The van der Waals surface area contributed by atoms with E-state index in [2.05, 4.69) is 5.32 Å². The van der Waals surface area contributed by atoms with Crippen LogP contribution in [0.5, 0.6) is 0 Å². The zero-order chi connectivity index (χ0) is 39.4. The molecular weight excluding hydrogens is 686 g/mol. The van der Waals surface area contributed by atoms with Crippen LogP contribution in [0.4, 0.5) is 9.59 Å². The minimum atomic E-state index is -1.59. The molecule has 3 aliphatic heterocycles. The van der Waals surface area contributed by atoms with Gasteiger partial charge in [0.2, 0.25) is 0 Å². The number of nitrogens with one attached hydrogen (secondary N) is 1. The summed E-state index contributed by atoms with van der Waals surface area (Å²) in [6.45, 7) is 15.0. The van der Waals surface area contributed by atoms with Crippen LogP contribution in [0.3, 0.4) is 0 Å². The van der Waals surface area contributed by atoms with E-state index in [0.717, 1.165) is 5.56 Å². The van der Waals surface area contributed by atoms with Gasteiger partial charge in [-0.2, -0.15) is 0 Å². The molecule has 0 spiro atoms. The van der Waals surface area contributed by atoms with Crippen molar-refractivity contribution in [1.29, 1.82) is 0 Å². The van der Waals surface area contributed by atoms with Gasteiger partial charge in [0.05, 0.1) is 23.7 Å². The lowest BCUT2D eigenvalue weighted by Gasteiger charge is -2.47. The number of cyclic esters (lactones) is 1. The van der Waals surface area contributed by atoms with Crippen LogP contribution in [0.2, 0.25) is 0 Å². The second kappa shape index (κ2) is 17.6. The highest BCUT2D eigenvalue weighted by molar-refractivity contribution is 5.74. The maximum atomic E-state index is 14.2. The summed E-state index contributed by atoms with van der Waals surface area (Å²) in [5, 5.41) is 26.7. The lowest BCUT2D eigenvalue weighted by molar-refractivity contribution is -0.299. The van der Waals surface area contributed by atoms with E-state index in [1.165, 1.54) is 0 Å². The molecule has 0 bridgehead atoms. The molecule has 53 heavy (non-hydrogen) atoms.